The second-order valence-electron chi connectivity index (χ2n) is 4.82. The van der Waals surface area contributed by atoms with Crippen molar-refractivity contribution in [1.29, 1.82) is 0 Å². The van der Waals surface area contributed by atoms with E-state index >= 15 is 0 Å². The number of nitrogens with one attached hydrogen (secondary N) is 1. The molecule has 0 aliphatic carbocycles. The molecule has 2 nitrogen and oxygen atoms in total. The number of hydrogen-bond donors (Lipinski definition) is 1. The highest BCUT2D eigenvalue weighted by molar-refractivity contribution is 9.10. The Morgan fingerprint density at radius 2 is 1.90 bits per heavy atom. The first-order chi connectivity index (χ1) is 9.49. The van der Waals surface area contributed by atoms with Crippen LogP contribution in [0.5, 0.6) is 0 Å². The van der Waals surface area contributed by atoms with E-state index in [0.717, 1.165) is 11.3 Å². The fraction of sp³-hybridized carbons (Fsp3) is 0.188. The number of anilines is 1. The van der Waals surface area contributed by atoms with Crippen molar-refractivity contribution < 1.29 is 9.18 Å². The first-order valence-corrected chi connectivity index (χ1v) is 7.13. The van der Waals surface area contributed by atoms with Crippen molar-refractivity contribution in [2.24, 2.45) is 0 Å². The fourth-order valence-electron chi connectivity index (χ4n) is 1.95. The summed E-state index contributed by atoms with van der Waals surface area (Å²) in [5.74, 6) is -0.325. The third kappa shape index (κ3) is 3.25. The Morgan fingerprint density at radius 1 is 1.20 bits per heavy atom. The van der Waals surface area contributed by atoms with Gasteiger partial charge in [0.1, 0.15) is 5.82 Å². The molecule has 2 aromatic carbocycles. The number of carbonyl (C=O) groups is 1. The van der Waals surface area contributed by atoms with Gasteiger partial charge in [-0.1, -0.05) is 32.0 Å². The van der Waals surface area contributed by atoms with E-state index in [1.165, 1.54) is 18.2 Å². The van der Waals surface area contributed by atoms with E-state index in [0.29, 0.717) is 11.5 Å². The lowest BCUT2D eigenvalue weighted by Gasteiger charge is -2.13. The number of carbonyl (C=O) groups excluding carboxylic acids is 1. The quantitative estimate of drug-likeness (QED) is 0.843. The van der Waals surface area contributed by atoms with Gasteiger partial charge in [-0.15, -0.1) is 0 Å². The average molecular weight is 336 g/mol. The van der Waals surface area contributed by atoms with Crippen LogP contribution < -0.4 is 5.32 Å². The molecule has 0 spiro atoms. The highest BCUT2D eigenvalue weighted by Gasteiger charge is 2.12. The van der Waals surface area contributed by atoms with Crippen LogP contribution in [0.15, 0.2) is 46.9 Å². The Morgan fingerprint density at radius 3 is 2.55 bits per heavy atom. The minimum absolute atomic E-state index is 0.251. The van der Waals surface area contributed by atoms with Crippen LogP contribution in [0.4, 0.5) is 10.1 Å². The summed E-state index contributed by atoms with van der Waals surface area (Å²) in [6.07, 6.45) is 0. The second kappa shape index (κ2) is 6.18. The van der Waals surface area contributed by atoms with E-state index in [4.69, 9.17) is 0 Å². The summed E-state index contributed by atoms with van der Waals surface area (Å²) >= 11 is 3.08. The third-order valence-electron chi connectivity index (χ3n) is 3.01. The van der Waals surface area contributed by atoms with Crippen LogP contribution in [0.2, 0.25) is 0 Å². The normalized spacial score (nSPS) is 10.7. The van der Waals surface area contributed by atoms with Gasteiger partial charge in [0, 0.05) is 11.3 Å². The number of hydrogen-bond acceptors (Lipinski definition) is 1. The van der Waals surface area contributed by atoms with Gasteiger partial charge in [-0.05, 0) is 51.7 Å². The van der Waals surface area contributed by atoms with Gasteiger partial charge >= 0.3 is 0 Å². The Bertz CT molecular complexity index is 640. The molecule has 0 radical (unpaired) electrons. The zero-order valence-electron chi connectivity index (χ0n) is 11.3. The van der Waals surface area contributed by atoms with E-state index < -0.39 is 0 Å². The highest BCUT2D eigenvalue weighted by atomic mass is 79.9. The van der Waals surface area contributed by atoms with Crippen molar-refractivity contribution in [3.8, 4) is 0 Å². The Labute approximate surface area is 126 Å². The summed E-state index contributed by atoms with van der Waals surface area (Å²) in [6, 6.07) is 11.9. The van der Waals surface area contributed by atoms with E-state index in [2.05, 4.69) is 35.1 Å². The van der Waals surface area contributed by atoms with E-state index in [-0.39, 0.29) is 16.2 Å². The fourth-order valence-corrected chi connectivity index (χ4v) is 2.32. The summed E-state index contributed by atoms with van der Waals surface area (Å²) in [4.78, 5) is 12.2. The molecule has 1 N–H and O–H groups in total. The van der Waals surface area contributed by atoms with Crippen molar-refractivity contribution in [2.45, 2.75) is 19.8 Å². The number of amides is 1. The lowest BCUT2D eigenvalue weighted by molar-refractivity contribution is 0.102. The van der Waals surface area contributed by atoms with Gasteiger partial charge in [-0.2, -0.15) is 0 Å². The molecule has 104 valence electrons. The first-order valence-electron chi connectivity index (χ1n) is 6.34. The SMILES string of the molecule is CC(C)c1ccccc1NC(=O)c1ccc(F)c(Br)c1. The smallest absolute Gasteiger partial charge is 0.255 e. The van der Waals surface area contributed by atoms with E-state index in [9.17, 15) is 9.18 Å². The number of halogens is 2. The maximum Gasteiger partial charge on any atom is 0.255 e. The molecule has 0 aliphatic heterocycles. The maximum absolute atomic E-state index is 13.2. The standard InChI is InChI=1S/C16H15BrFNO/c1-10(2)12-5-3-4-6-15(12)19-16(20)11-7-8-14(18)13(17)9-11/h3-10H,1-2H3,(H,19,20). The van der Waals surface area contributed by atoms with Crippen molar-refractivity contribution in [3.63, 3.8) is 0 Å². The summed E-state index contributed by atoms with van der Waals surface area (Å²) in [7, 11) is 0. The van der Waals surface area contributed by atoms with Gasteiger partial charge in [0.15, 0.2) is 0 Å². The Kier molecular flexibility index (Phi) is 4.55. The zero-order valence-corrected chi connectivity index (χ0v) is 12.9. The van der Waals surface area contributed by atoms with Crippen LogP contribution in [0.1, 0.15) is 35.7 Å². The highest BCUT2D eigenvalue weighted by Crippen LogP contribution is 2.24. The summed E-state index contributed by atoms with van der Waals surface area (Å²) in [5, 5.41) is 2.87. The molecule has 0 saturated carbocycles. The topological polar surface area (TPSA) is 29.1 Å². The molecular weight excluding hydrogens is 321 g/mol. The van der Waals surface area contributed by atoms with Crippen LogP contribution in [-0.2, 0) is 0 Å². The second-order valence-corrected chi connectivity index (χ2v) is 5.68. The van der Waals surface area contributed by atoms with Crippen molar-refractivity contribution in [1.82, 2.24) is 0 Å². The molecule has 0 bridgehead atoms. The maximum atomic E-state index is 13.2. The zero-order chi connectivity index (χ0) is 14.7. The lowest BCUT2D eigenvalue weighted by atomic mass is 10.0. The molecule has 0 heterocycles. The number of para-hydroxylation sites is 1. The summed E-state index contributed by atoms with van der Waals surface area (Å²) in [5.41, 5.74) is 2.27. The first kappa shape index (κ1) is 14.7. The van der Waals surface area contributed by atoms with E-state index in [1.807, 2.05) is 24.3 Å². The number of benzene rings is 2. The molecule has 0 atom stereocenters. The van der Waals surface area contributed by atoms with Gasteiger partial charge in [-0.3, -0.25) is 4.79 Å². The summed E-state index contributed by atoms with van der Waals surface area (Å²) in [6.45, 7) is 4.14. The van der Waals surface area contributed by atoms with Gasteiger partial charge in [-0.25, -0.2) is 4.39 Å². The molecule has 2 aromatic rings. The summed E-state index contributed by atoms with van der Waals surface area (Å²) < 4.78 is 13.5. The van der Waals surface area contributed by atoms with Crippen LogP contribution in [-0.4, -0.2) is 5.91 Å². The van der Waals surface area contributed by atoms with Gasteiger partial charge in [0.2, 0.25) is 0 Å². The van der Waals surface area contributed by atoms with Gasteiger partial charge < -0.3 is 5.32 Å². The molecule has 20 heavy (non-hydrogen) atoms. The Balaban J connectivity index is 2.26. The monoisotopic (exact) mass is 335 g/mol. The van der Waals surface area contributed by atoms with Crippen LogP contribution >= 0.6 is 15.9 Å². The Hall–Kier alpha value is -1.68. The van der Waals surface area contributed by atoms with E-state index in [1.54, 1.807) is 0 Å². The molecule has 0 fully saturated rings. The lowest BCUT2D eigenvalue weighted by Crippen LogP contribution is -2.13. The van der Waals surface area contributed by atoms with Gasteiger partial charge in [0.05, 0.1) is 4.47 Å². The van der Waals surface area contributed by atoms with Crippen LogP contribution in [0.3, 0.4) is 0 Å². The molecule has 2 rings (SSSR count). The van der Waals surface area contributed by atoms with Crippen LogP contribution in [0, 0.1) is 5.82 Å². The largest absolute Gasteiger partial charge is 0.322 e. The predicted octanol–water partition coefficient (Wildman–Crippen LogP) is 4.96. The van der Waals surface area contributed by atoms with Crippen LogP contribution in [0.25, 0.3) is 0 Å². The molecule has 0 aliphatic rings. The molecule has 0 unspecified atom stereocenters. The van der Waals surface area contributed by atoms with Crippen molar-refractivity contribution >= 4 is 27.5 Å². The minimum atomic E-state index is -0.385. The number of rotatable bonds is 3. The predicted molar refractivity (Wildman–Crippen MR) is 82.6 cm³/mol. The molecule has 1 amide bonds. The molecule has 0 saturated heterocycles. The van der Waals surface area contributed by atoms with Gasteiger partial charge in [0.25, 0.3) is 5.91 Å². The molecule has 0 aromatic heterocycles. The minimum Gasteiger partial charge on any atom is -0.322 e. The average Bonchev–Trinajstić information content (AvgIpc) is 2.42. The molecular formula is C16H15BrFNO. The van der Waals surface area contributed by atoms with Crippen molar-refractivity contribution in [3.05, 3.63) is 63.9 Å². The van der Waals surface area contributed by atoms with Crippen molar-refractivity contribution in [2.75, 3.05) is 5.32 Å². The third-order valence-corrected chi connectivity index (χ3v) is 3.62. The molecule has 4 heteroatoms.